The van der Waals surface area contributed by atoms with Gasteiger partial charge >= 0.3 is 11.9 Å². The fourth-order valence-corrected chi connectivity index (χ4v) is 11.5. The lowest BCUT2D eigenvalue weighted by Crippen LogP contribution is -2.79. The molecule has 9 heteroatoms. The van der Waals surface area contributed by atoms with E-state index in [9.17, 15) is 19.5 Å². The van der Waals surface area contributed by atoms with E-state index in [1.165, 1.54) is 0 Å². The van der Waals surface area contributed by atoms with E-state index in [0.29, 0.717) is 12.8 Å². The molecule has 1 N–H and O–H groups in total. The highest BCUT2D eigenvalue weighted by molar-refractivity contribution is 5.92. The number of Topliss-reactive ketones (excluding diaryl/α,β-unsaturated/α-hetero) is 1. The second kappa shape index (κ2) is 7.78. The number of ketones is 1. The molecule has 7 aliphatic rings. The number of aliphatic hydroxyl groups excluding tert-OH is 1. The SMILES string of the molecule is CC1(C)OC2CC(=O)OCC23C1C(=O)C(O)C1(C2CCCCC2)C3CCC2(C)C(c3ccoc3)OC(=O)C3OC321. The third kappa shape index (κ3) is 2.61. The van der Waals surface area contributed by atoms with Crippen molar-refractivity contribution in [3.63, 3.8) is 0 Å². The lowest BCUT2D eigenvalue weighted by molar-refractivity contribution is -0.275. The highest BCUT2D eigenvalue weighted by Gasteiger charge is 2.92. The summed E-state index contributed by atoms with van der Waals surface area (Å²) in [7, 11) is 0. The minimum atomic E-state index is -1.34. The van der Waals surface area contributed by atoms with E-state index in [1.807, 2.05) is 19.9 Å². The number of esters is 2. The number of furan rings is 1. The first-order chi connectivity index (χ1) is 19.1. The van der Waals surface area contributed by atoms with Gasteiger partial charge in [-0.3, -0.25) is 9.59 Å². The quantitative estimate of drug-likeness (QED) is 0.431. The Morgan fingerprint density at radius 3 is 2.48 bits per heavy atom. The Morgan fingerprint density at radius 1 is 0.975 bits per heavy atom. The van der Waals surface area contributed by atoms with Crippen LogP contribution >= 0.6 is 0 Å². The molecule has 9 nitrogen and oxygen atoms in total. The zero-order chi connectivity index (χ0) is 27.9. The molecule has 0 radical (unpaired) electrons. The molecular formula is C31H38O9. The maximum absolute atomic E-state index is 14.7. The normalized spacial score (nSPS) is 51.0. The summed E-state index contributed by atoms with van der Waals surface area (Å²) in [6.45, 7) is 5.98. The minimum Gasteiger partial charge on any atom is -0.472 e. The number of ether oxygens (including phenoxy) is 4. The van der Waals surface area contributed by atoms with Crippen molar-refractivity contribution in [2.24, 2.45) is 34.0 Å². The van der Waals surface area contributed by atoms with Crippen molar-refractivity contribution in [3.05, 3.63) is 24.2 Å². The Kier molecular flexibility index (Phi) is 4.95. The zero-order valence-corrected chi connectivity index (χ0v) is 23.4. The highest BCUT2D eigenvalue weighted by Crippen LogP contribution is 2.82. The monoisotopic (exact) mass is 554 g/mol. The van der Waals surface area contributed by atoms with Crippen molar-refractivity contribution in [1.82, 2.24) is 0 Å². The van der Waals surface area contributed by atoms with Gasteiger partial charge in [0.1, 0.15) is 24.4 Å². The third-order valence-corrected chi connectivity index (χ3v) is 12.6. The first-order valence-electron chi connectivity index (χ1n) is 15.0. The zero-order valence-electron chi connectivity index (χ0n) is 23.4. The van der Waals surface area contributed by atoms with Gasteiger partial charge in [0.05, 0.1) is 36.6 Å². The smallest absolute Gasteiger partial charge is 0.339 e. The maximum atomic E-state index is 14.7. The summed E-state index contributed by atoms with van der Waals surface area (Å²) in [5, 5.41) is 12.6. The lowest BCUT2D eigenvalue weighted by atomic mass is 9.33. The van der Waals surface area contributed by atoms with E-state index in [0.717, 1.165) is 37.7 Å². The molecule has 10 unspecified atom stereocenters. The molecule has 7 fully saturated rings. The van der Waals surface area contributed by atoms with Crippen molar-refractivity contribution >= 4 is 17.7 Å². The van der Waals surface area contributed by atoms with Gasteiger partial charge in [-0.2, -0.15) is 0 Å². The van der Waals surface area contributed by atoms with Gasteiger partial charge < -0.3 is 28.5 Å². The molecule has 5 heterocycles. The molecule has 216 valence electrons. The summed E-state index contributed by atoms with van der Waals surface area (Å²) < 4.78 is 30.6. The van der Waals surface area contributed by atoms with Gasteiger partial charge in [0.2, 0.25) is 0 Å². The highest BCUT2D eigenvalue weighted by atomic mass is 16.7. The van der Waals surface area contributed by atoms with Crippen LogP contribution < -0.4 is 0 Å². The van der Waals surface area contributed by atoms with Crippen LogP contribution in [-0.2, 0) is 33.3 Å². The van der Waals surface area contributed by atoms with Crippen LogP contribution in [0.25, 0.3) is 0 Å². The molecule has 1 aromatic heterocycles. The number of carbonyl (C=O) groups excluding carboxylic acids is 3. The third-order valence-electron chi connectivity index (χ3n) is 12.6. The molecule has 3 aliphatic carbocycles. The standard InChI is InChI=1S/C31H38O9/c1-27(2)22-21(33)23(34)30(17-7-5-4-6-8-17)18(29(22)15-37-20(32)13-19(29)39-27)9-11-28(3)24(16-10-12-36-14-16)38-26(35)25-31(28,30)40-25/h10,12,14,17-19,22-25,34H,4-9,11,13,15H2,1-3H3. The summed E-state index contributed by atoms with van der Waals surface area (Å²) in [6, 6.07) is 1.82. The topological polar surface area (TPSA) is 125 Å². The molecule has 8 rings (SSSR count). The Hall–Kier alpha value is -2.23. The molecule has 10 atom stereocenters. The maximum Gasteiger partial charge on any atom is 0.339 e. The van der Waals surface area contributed by atoms with Gasteiger partial charge in [0.15, 0.2) is 11.9 Å². The second-order valence-electron chi connectivity index (χ2n) is 14.3. The van der Waals surface area contributed by atoms with Gasteiger partial charge in [-0.1, -0.05) is 26.2 Å². The van der Waals surface area contributed by atoms with Crippen LogP contribution in [0, 0.1) is 34.0 Å². The van der Waals surface area contributed by atoms with E-state index in [-0.39, 0.29) is 36.6 Å². The number of hydrogen-bond donors (Lipinski definition) is 1. The number of carbonyl (C=O) groups is 3. The van der Waals surface area contributed by atoms with Crippen LogP contribution in [0.15, 0.2) is 23.0 Å². The number of cyclic esters (lactones) is 2. The Morgan fingerprint density at radius 2 is 1.75 bits per heavy atom. The average molecular weight is 555 g/mol. The molecule has 4 aliphatic heterocycles. The molecule has 1 aromatic rings. The molecule has 3 saturated carbocycles. The number of rotatable bonds is 2. The largest absolute Gasteiger partial charge is 0.472 e. The van der Waals surface area contributed by atoms with Crippen LogP contribution in [0.2, 0.25) is 0 Å². The van der Waals surface area contributed by atoms with E-state index in [1.54, 1.807) is 12.5 Å². The molecular weight excluding hydrogens is 516 g/mol. The Bertz CT molecular complexity index is 1280. The van der Waals surface area contributed by atoms with E-state index in [4.69, 9.17) is 23.4 Å². The Balaban J connectivity index is 1.39. The van der Waals surface area contributed by atoms with Crippen LogP contribution in [-0.4, -0.2) is 58.9 Å². The summed E-state index contributed by atoms with van der Waals surface area (Å²) >= 11 is 0. The Labute approximate surface area is 233 Å². The number of epoxide rings is 1. The van der Waals surface area contributed by atoms with Crippen molar-refractivity contribution in [3.8, 4) is 0 Å². The van der Waals surface area contributed by atoms with Gasteiger partial charge in [-0.15, -0.1) is 0 Å². The summed E-state index contributed by atoms with van der Waals surface area (Å²) in [4.78, 5) is 41.0. The summed E-state index contributed by atoms with van der Waals surface area (Å²) in [5.74, 6) is -1.95. The van der Waals surface area contributed by atoms with Crippen LogP contribution in [0.4, 0.5) is 0 Å². The molecule has 0 bridgehead atoms. The summed E-state index contributed by atoms with van der Waals surface area (Å²) in [5.41, 5.74) is -3.78. The molecule has 2 spiro atoms. The first-order valence-corrected chi connectivity index (χ1v) is 15.0. The lowest BCUT2D eigenvalue weighted by Gasteiger charge is -2.69. The fourth-order valence-electron chi connectivity index (χ4n) is 11.5. The molecule has 4 saturated heterocycles. The average Bonchev–Trinajstić information content (AvgIpc) is 3.37. The predicted octanol–water partition coefficient (Wildman–Crippen LogP) is 3.67. The van der Waals surface area contributed by atoms with Gasteiger partial charge in [0, 0.05) is 21.8 Å². The fraction of sp³-hybridized carbons (Fsp3) is 0.774. The van der Waals surface area contributed by atoms with E-state index >= 15 is 0 Å². The molecule has 0 aromatic carbocycles. The van der Waals surface area contributed by atoms with Gasteiger partial charge in [0.25, 0.3) is 0 Å². The van der Waals surface area contributed by atoms with Gasteiger partial charge in [-0.05, 0) is 57.4 Å². The first kappa shape index (κ1) is 25.5. The van der Waals surface area contributed by atoms with Crippen molar-refractivity contribution in [2.75, 3.05) is 6.61 Å². The van der Waals surface area contributed by atoms with Crippen molar-refractivity contribution < 1.29 is 42.9 Å². The number of hydrogen-bond acceptors (Lipinski definition) is 9. The van der Waals surface area contributed by atoms with Crippen molar-refractivity contribution in [2.45, 2.75) is 108 Å². The minimum absolute atomic E-state index is 0.0389. The molecule has 40 heavy (non-hydrogen) atoms. The number of fused-ring (bicyclic) bond motifs is 1. The second-order valence-corrected chi connectivity index (χ2v) is 14.3. The van der Waals surface area contributed by atoms with Gasteiger partial charge in [-0.25, -0.2) is 4.79 Å². The predicted molar refractivity (Wildman–Crippen MR) is 136 cm³/mol. The molecule has 0 amide bonds. The van der Waals surface area contributed by atoms with E-state index < -0.39 is 63.8 Å². The van der Waals surface area contributed by atoms with Crippen molar-refractivity contribution in [1.29, 1.82) is 0 Å². The van der Waals surface area contributed by atoms with E-state index in [2.05, 4.69) is 6.92 Å². The van der Waals surface area contributed by atoms with Crippen LogP contribution in [0.3, 0.4) is 0 Å². The van der Waals surface area contributed by atoms with Crippen LogP contribution in [0.1, 0.15) is 83.8 Å². The van der Waals surface area contributed by atoms with Crippen LogP contribution in [0.5, 0.6) is 0 Å². The summed E-state index contributed by atoms with van der Waals surface area (Å²) in [6.07, 6.45) is 6.02. The number of aliphatic hydroxyl groups is 1.